The van der Waals surface area contributed by atoms with E-state index >= 15 is 0 Å². The Hall–Kier alpha value is -1.83. The standard InChI is InChI=1S/C13H13NO/c1-2-3-9-12-10-13(14-15-12)11-7-5-4-6-8-11/h2-9,12H,1,10H2/b9-3+. The van der Waals surface area contributed by atoms with Gasteiger partial charge in [-0.3, -0.25) is 0 Å². The molecule has 1 aromatic carbocycles. The van der Waals surface area contributed by atoms with E-state index in [1.165, 1.54) is 0 Å². The highest BCUT2D eigenvalue weighted by Gasteiger charge is 2.18. The molecule has 2 rings (SSSR count). The van der Waals surface area contributed by atoms with Crippen molar-refractivity contribution >= 4 is 5.71 Å². The molecule has 1 aromatic rings. The summed E-state index contributed by atoms with van der Waals surface area (Å²) in [6.45, 7) is 3.62. The fraction of sp³-hybridized carbons (Fsp3) is 0.154. The molecule has 0 bridgehead atoms. The lowest BCUT2D eigenvalue weighted by atomic mass is 10.1. The van der Waals surface area contributed by atoms with Gasteiger partial charge in [-0.05, 0) is 11.6 Å². The van der Waals surface area contributed by atoms with Gasteiger partial charge in [-0.1, -0.05) is 54.2 Å². The fourth-order valence-corrected chi connectivity index (χ4v) is 1.50. The number of allylic oxidation sites excluding steroid dienone is 2. The maximum atomic E-state index is 5.28. The number of benzene rings is 1. The predicted octanol–water partition coefficient (Wildman–Crippen LogP) is 2.92. The molecule has 0 radical (unpaired) electrons. The Bertz CT molecular complexity index is 392. The first kappa shape index (κ1) is 9.71. The molecule has 2 nitrogen and oxygen atoms in total. The Balaban J connectivity index is 2.04. The normalized spacial score (nSPS) is 20.0. The molecular weight excluding hydrogens is 186 g/mol. The zero-order valence-electron chi connectivity index (χ0n) is 8.47. The average molecular weight is 199 g/mol. The molecular formula is C13H13NO. The van der Waals surface area contributed by atoms with Gasteiger partial charge in [-0.2, -0.15) is 0 Å². The van der Waals surface area contributed by atoms with Crippen LogP contribution in [0.2, 0.25) is 0 Å². The summed E-state index contributed by atoms with van der Waals surface area (Å²) in [4.78, 5) is 5.28. The number of hydrogen-bond donors (Lipinski definition) is 0. The minimum Gasteiger partial charge on any atom is -0.388 e. The minimum absolute atomic E-state index is 0.0539. The lowest BCUT2D eigenvalue weighted by molar-refractivity contribution is 0.120. The Morgan fingerprint density at radius 1 is 1.33 bits per heavy atom. The van der Waals surface area contributed by atoms with Crippen molar-refractivity contribution in [2.24, 2.45) is 5.16 Å². The molecule has 15 heavy (non-hydrogen) atoms. The number of oxime groups is 1. The van der Waals surface area contributed by atoms with E-state index in [1.807, 2.05) is 42.5 Å². The van der Waals surface area contributed by atoms with Crippen LogP contribution >= 0.6 is 0 Å². The lowest BCUT2D eigenvalue weighted by Gasteiger charge is -1.99. The summed E-state index contributed by atoms with van der Waals surface area (Å²) in [5.74, 6) is 0. The molecule has 2 heteroatoms. The van der Waals surface area contributed by atoms with Crippen LogP contribution in [-0.4, -0.2) is 11.8 Å². The third-order valence-corrected chi connectivity index (χ3v) is 2.26. The Kier molecular flexibility index (Phi) is 2.98. The van der Waals surface area contributed by atoms with Crippen LogP contribution in [0.15, 0.2) is 60.3 Å². The molecule has 1 unspecified atom stereocenters. The van der Waals surface area contributed by atoms with Crippen molar-refractivity contribution in [1.82, 2.24) is 0 Å². The predicted molar refractivity (Wildman–Crippen MR) is 61.8 cm³/mol. The SMILES string of the molecule is C=C/C=C/C1CC(c2ccccc2)=NO1. The molecule has 0 saturated heterocycles. The van der Waals surface area contributed by atoms with Crippen molar-refractivity contribution in [2.45, 2.75) is 12.5 Å². The Labute approximate surface area is 89.6 Å². The van der Waals surface area contributed by atoms with Gasteiger partial charge in [0, 0.05) is 6.42 Å². The van der Waals surface area contributed by atoms with E-state index < -0.39 is 0 Å². The third kappa shape index (κ3) is 2.34. The summed E-state index contributed by atoms with van der Waals surface area (Å²) >= 11 is 0. The maximum Gasteiger partial charge on any atom is 0.151 e. The first-order valence-corrected chi connectivity index (χ1v) is 4.97. The number of nitrogens with zero attached hydrogens (tertiary/aromatic N) is 1. The molecule has 1 aliphatic heterocycles. The third-order valence-electron chi connectivity index (χ3n) is 2.26. The highest BCUT2D eigenvalue weighted by Crippen LogP contribution is 2.17. The highest BCUT2D eigenvalue weighted by atomic mass is 16.6. The summed E-state index contributed by atoms with van der Waals surface area (Å²) in [7, 11) is 0. The largest absolute Gasteiger partial charge is 0.388 e. The summed E-state index contributed by atoms with van der Waals surface area (Å²) in [5, 5.41) is 4.07. The molecule has 0 aromatic heterocycles. The van der Waals surface area contributed by atoms with Gasteiger partial charge in [0.05, 0.1) is 5.71 Å². The van der Waals surface area contributed by atoms with Gasteiger partial charge in [0.2, 0.25) is 0 Å². The van der Waals surface area contributed by atoms with Crippen LogP contribution in [0.5, 0.6) is 0 Å². The van der Waals surface area contributed by atoms with Gasteiger partial charge in [-0.25, -0.2) is 0 Å². The second-order valence-electron chi connectivity index (χ2n) is 3.37. The second kappa shape index (κ2) is 4.60. The fourth-order valence-electron chi connectivity index (χ4n) is 1.50. The molecule has 1 heterocycles. The van der Waals surface area contributed by atoms with Crippen LogP contribution in [0.25, 0.3) is 0 Å². The number of hydrogen-bond acceptors (Lipinski definition) is 2. The molecule has 0 fully saturated rings. The molecule has 0 aliphatic carbocycles. The van der Waals surface area contributed by atoms with E-state index in [4.69, 9.17) is 4.84 Å². The minimum atomic E-state index is 0.0539. The summed E-state index contributed by atoms with van der Waals surface area (Å²) < 4.78 is 0. The maximum absolute atomic E-state index is 5.28. The average Bonchev–Trinajstić information content (AvgIpc) is 2.76. The second-order valence-corrected chi connectivity index (χ2v) is 3.37. The van der Waals surface area contributed by atoms with Gasteiger partial charge in [-0.15, -0.1) is 0 Å². The molecule has 1 aliphatic rings. The first-order chi connectivity index (χ1) is 7.40. The van der Waals surface area contributed by atoms with Gasteiger partial charge in [0.1, 0.15) is 0 Å². The van der Waals surface area contributed by atoms with E-state index in [2.05, 4.69) is 11.7 Å². The molecule has 0 saturated carbocycles. The molecule has 0 N–H and O–H groups in total. The molecule has 0 amide bonds. The first-order valence-electron chi connectivity index (χ1n) is 4.97. The van der Waals surface area contributed by atoms with Crippen LogP contribution in [0, 0.1) is 0 Å². The molecule has 76 valence electrons. The zero-order valence-corrected chi connectivity index (χ0v) is 8.47. The molecule has 0 spiro atoms. The van der Waals surface area contributed by atoms with E-state index in [0.29, 0.717) is 0 Å². The van der Waals surface area contributed by atoms with Crippen LogP contribution in [0.4, 0.5) is 0 Å². The van der Waals surface area contributed by atoms with E-state index in [0.717, 1.165) is 17.7 Å². The summed E-state index contributed by atoms with van der Waals surface area (Å²) in [5.41, 5.74) is 2.14. The monoisotopic (exact) mass is 199 g/mol. The summed E-state index contributed by atoms with van der Waals surface area (Å²) in [6.07, 6.45) is 6.47. The van der Waals surface area contributed by atoms with Gasteiger partial charge >= 0.3 is 0 Å². The Morgan fingerprint density at radius 2 is 2.13 bits per heavy atom. The van der Waals surface area contributed by atoms with Crippen LogP contribution in [0.3, 0.4) is 0 Å². The quantitative estimate of drug-likeness (QED) is 0.686. The topological polar surface area (TPSA) is 21.6 Å². The van der Waals surface area contributed by atoms with Crippen LogP contribution in [-0.2, 0) is 4.84 Å². The van der Waals surface area contributed by atoms with Crippen LogP contribution in [0.1, 0.15) is 12.0 Å². The molecule has 1 atom stereocenters. The van der Waals surface area contributed by atoms with E-state index in [9.17, 15) is 0 Å². The van der Waals surface area contributed by atoms with Crippen molar-refractivity contribution < 1.29 is 4.84 Å². The van der Waals surface area contributed by atoms with Crippen molar-refractivity contribution in [3.05, 3.63) is 60.7 Å². The van der Waals surface area contributed by atoms with Crippen molar-refractivity contribution in [2.75, 3.05) is 0 Å². The number of rotatable bonds is 3. The van der Waals surface area contributed by atoms with E-state index in [1.54, 1.807) is 6.08 Å². The van der Waals surface area contributed by atoms with E-state index in [-0.39, 0.29) is 6.10 Å². The smallest absolute Gasteiger partial charge is 0.151 e. The van der Waals surface area contributed by atoms with Gasteiger partial charge < -0.3 is 4.84 Å². The summed E-state index contributed by atoms with van der Waals surface area (Å²) in [6, 6.07) is 10.1. The van der Waals surface area contributed by atoms with Gasteiger partial charge in [0.15, 0.2) is 6.10 Å². The van der Waals surface area contributed by atoms with Crippen molar-refractivity contribution in [3.63, 3.8) is 0 Å². The zero-order chi connectivity index (χ0) is 10.5. The van der Waals surface area contributed by atoms with Gasteiger partial charge in [0.25, 0.3) is 0 Å². The highest BCUT2D eigenvalue weighted by molar-refractivity contribution is 6.01. The Morgan fingerprint density at radius 3 is 2.87 bits per heavy atom. The van der Waals surface area contributed by atoms with Crippen LogP contribution < -0.4 is 0 Å². The lowest BCUT2D eigenvalue weighted by Crippen LogP contribution is -2.04. The van der Waals surface area contributed by atoms with Crippen molar-refractivity contribution in [3.8, 4) is 0 Å². The van der Waals surface area contributed by atoms with Crippen molar-refractivity contribution in [1.29, 1.82) is 0 Å².